The lowest BCUT2D eigenvalue weighted by Crippen LogP contribution is -2.05. The van der Waals surface area contributed by atoms with Gasteiger partial charge < -0.3 is 4.74 Å². The molecule has 0 saturated carbocycles. The summed E-state index contributed by atoms with van der Waals surface area (Å²) in [6.45, 7) is 0.311. The molecule has 0 atom stereocenters. The molecule has 0 aliphatic carbocycles. The van der Waals surface area contributed by atoms with Crippen molar-refractivity contribution in [2.75, 3.05) is 6.26 Å². The third-order valence-corrected chi connectivity index (χ3v) is 2.98. The van der Waals surface area contributed by atoms with E-state index in [-0.39, 0.29) is 6.61 Å². The zero-order valence-corrected chi connectivity index (χ0v) is 11.8. The molecule has 0 N–H and O–H groups in total. The molecule has 20 heavy (non-hydrogen) atoms. The predicted octanol–water partition coefficient (Wildman–Crippen LogP) is 2.14. The van der Waals surface area contributed by atoms with Crippen molar-refractivity contribution in [3.63, 3.8) is 0 Å². The topological polar surface area (TPSA) is 65.5 Å². The Bertz CT molecular complexity index is 656. The van der Waals surface area contributed by atoms with E-state index in [2.05, 4.69) is 9.17 Å². The molecule has 1 heterocycles. The SMILES string of the molecule is CS(=O)(=O)OCc1cccc(OCc2ccccc2)n1. The average Bonchev–Trinajstić information content (AvgIpc) is 2.44. The molecule has 1 aromatic carbocycles. The monoisotopic (exact) mass is 293 g/mol. The molecule has 0 bridgehead atoms. The first-order valence-electron chi connectivity index (χ1n) is 6.00. The van der Waals surface area contributed by atoms with Crippen molar-refractivity contribution in [1.82, 2.24) is 4.98 Å². The van der Waals surface area contributed by atoms with Gasteiger partial charge in [-0.25, -0.2) is 4.98 Å². The van der Waals surface area contributed by atoms with Crippen LogP contribution < -0.4 is 4.74 Å². The number of hydrogen-bond acceptors (Lipinski definition) is 5. The van der Waals surface area contributed by atoms with Crippen LogP contribution >= 0.6 is 0 Å². The van der Waals surface area contributed by atoms with E-state index in [0.717, 1.165) is 11.8 Å². The summed E-state index contributed by atoms with van der Waals surface area (Å²) in [4.78, 5) is 4.18. The van der Waals surface area contributed by atoms with E-state index in [1.54, 1.807) is 18.2 Å². The van der Waals surface area contributed by atoms with Crippen LogP contribution in [-0.2, 0) is 27.5 Å². The van der Waals surface area contributed by atoms with Crippen LogP contribution in [0.25, 0.3) is 0 Å². The van der Waals surface area contributed by atoms with E-state index in [4.69, 9.17) is 4.74 Å². The van der Waals surface area contributed by atoms with Crippen LogP contribution in [0, 0.1) is 0 Å². The van der Waals surface area contributed by atoms with Crippen LogP contribution in [0.1, 0.15) is 11.3 Å². The largest absolute Gasteiger partial charge is 0.473 e. The van der Waals surface area contributed by atoms with Crippen LogP contribution in [0.3, 0.4) is 0 Å². The van der Waals surface area contributed by atoms with Crippen molar-refractivity contribution in [3.05, 3.63) is 59.8 Å². The maximum Gasteiger partial charge on any atom is 0.264 e. The van der Waals surface area contributed by atoms with Gasteiger partial charge in [0.15, 0.2) is 0 Å². The van der Waals surface area contributed by atoms with Gasteiger partial charge in [-0.2, -0.15) is 8.42 Å². The second kappa shape index (κ2) is 6.49. The summed E-state index contributed by atoms with van der Waals surface area (Å²) >= 11 is 0. The molecule has 0 saturated heterocycles. The normalized spacial score (nSPS) is 11.2. The highest BCUT2D eigenvalue weighted by Crippen LogP contribution is 2.11. The minimum absolute atomic E-state index is 0.0959. The van der Waals surface area contributed by atoms with E-state index in [1.165, 1.54) is 0 Å². The molecule has 6 heteroatoms. The predicted molar refractivity (Wildman–Crippen MR) is 74.6 cm³/mol. The van der Waals surface area contributed by atoms with E-state index in [0.29, 0.717) is 18.2 Å². The van der Waals surface area contributed by atoms with Gasteiger partial charge >= 0.3 is 0 Å². The van der Waals surface area contributed by atoms with Crippen molar-refractivity contribution in [2.24, 2.45) is 0 Å². The number of aromatic nitrogens is 1. The van der Waals surface area contributed by atoms with Crippen molar-refractivity contribution in [1.29, 1.82) is 0 Å². The van der Waals surface area contributed by atoms with E-state index in [1.807, 2.05) is 30.3 Å². The van der Waals surface area contributed by atoms with Crippen molar-refractivity contribution in [3.8, 4) is 5.88 Å². The number of rotatable bonds is 6. The summed E-state index contributed by atoms with van der Waals surface area (Å²) in [5.41, 5.74) is 1.54. The van der Waals surface area contributed by atoms with Gasteiger partial charge in [0.25, 0.3) is 10.1 Å². The fraction of sp³-hybridized carbons (Fsp3) is 0.214. The van der Waals surface area contributed by atoms with Gasteiger partial charge in [-0.15, -0.1) is 0 Å². The molecule has 1 aromatic heterocycles. The summed E-state index contributed by atoms with van der Waals surface area (Å²) < 4.78 is 32.1. The lowest BCUT2D eigenvalue weighted by molar-refractivity contribution is 0.282. The molecule has 0 aliphatic heterocycles. The van der Waals surface area contributed by atoms with Gasteiger partial charge in [0.1, 0.15) is 13.2 Å². The van der Waals surface area contributed by atoms with Crippen molar-refractivity contribution in [2.45, 2.75) is 13.2 Å². The van der Waals surface area contributed by atoms with Crippen molar-refractivity contribution < 1.29 is 17.3 Å². The van der Waals surface area contributed by atoms with Crippen LogP contribution in [-0.4, -0.2) is 19.7 Å². The molecule has 106 valence electrons. The smallest absolute Gasteiger partial charge is 0.264 e. The first-order chi connectivity index (χ1) is 9.53. The Hall–Kier alpha value is -1.92. The van der Waals surface area contributed by atoms with Gasteiger partial charge in [0.05, 0.1) is 11.9 Å². The summed E-state index contributed by atoms with van der Waals surface area (Å²) in [7, 11) is -3.47. The lowest BCUT2D eigenvalue weighted by atomic mass is 10.2. The Kier molecular flexibility index (Phi) is 4.70. The van der Waals surface area contributed by atoms with E-state index >= 15 is 0 Å². The molecule has 2 aromatic rings. The molecule has 0 amide bonds. The Morgan fingerprint density at radius 1 is 1.00 bits per heavy atom. The summed E-state index contributed by atoms with van der Waals surface area (Å²) in [6, 6.07) is 14.9. The minimum atomic E-state index is -3.47. The third-order valence-electron chi connectivity index (χ3n) is 2.43. The molecule has 0 fully saturated rings. The zero-order valence-electron chi connectivity index (χ0n) is 11.0. The molecular weight excluding hydrogens is 278 g/mol. The van der Waals surface area contributed by atoms with Gasteiger partial charge in [0.2, 0.25) is 5.88 Å². The average molecular weight is 293 g/mol. The van der Waals surface area contributed by atoms with Gasteiger partial charge in [-0.3, -0.25) is 4.18 Å². The highest BCUT2D eigenvalue weighted by atomic mass is 32.2. The van der Waals surface area contributed by atoms with Gasteiger partial charge in [-0.05, 0) is 11.6 Å². The highest BCUT2D eigenvalue weighted by molar-refractivity contribution is 7.85. The van der Waals surface area contributed by atoms with Gasteiger partial charge in [0, 0.05) is 6.07 Å². The first kappa shape index (κ1) is 14.5. The number of nitrogens with zero attached hydrogens (tertiary/aromatic N) is 1. The first-order valence-corrected chi connectivity index (χ1v) is 7.82. The van der Waals surface area contributed by atoms with E-state index < -0.39 is 10.1 Å². The van der Waals surface area contributed by atoms with Crippen LogP contribution in [0.4, 0.5) is 0 Å². The van der Waals surface area contributed by atoms with Gasteiger partial charge in [-0.1, -0.05) is 36.4 Å². The quantitative estimate of drug-likeness (QED) is 0.763. The fourth-order valence-electron chi connectivity index (χ4n) is 1.52. The Morgan fingerprint density at radius 2 is 1.75 bits per heavy atom. The standard InChI is InChI=1S/C14H15NO4S/c1-20(16,17)19-11-13-8-5-9-14(15-13)18-10-12-6-3-2-4-7-12/h2-9H,10-11H2,1H3. The number of pyridine rings is 1. The second-order valence-electron chi connectivity index (χ2n) is 4.21. The zero-order chi connectivity index (χ0) is 14.4. The number of benzene rings is 1. The Balaban J connectivity index is 1.96. The fourth-order valence-corrected chi connectivity index (χ4v) is 1.85. The van der Waals surface area contributed by atoms with Crippen LogP contribution in [0.2, 0.25) is 0 Å². The maximum atomic E-state index is 10.9. The van der Waals surface area contributed by atoms with E-state index in [9.17, 15) is 8.42 Å². The number of ether oxygens (including phenoxy) is 1. The molecule has 5 nitrogen and oxygen atoms in total. The maximum absolute atomic E-state index is 10.9. The van der Waals surface area contributed by atoms with Crippen LogP contribution in [0.15, 0.2) is 48.5 Å². The Morgan fingerprint density at radius 3 is 2.45 bits per heavy atom. The second-order valence-corrected chi connectivity index (χ2v) is 5.85. The molecular formula is C14H15NO4S. The van der Waals surface area contributed by atoms with Crippen molar-refractivity contribution >= 4 is 10.1 Å². The lowest BCUT2D eigenvalue weighted by Gasteiger charge is -2.07. The summed E-state index contributed by atoms with van der Waals surface area (Å²) in [5, 5.41) is 0. The molecule has 0 unspecified atom stereocenters. The molecule has 0 spiro atoms. The molecule has 0 radical (unpaired) electrons. The minimum Gasteiger partial charge on any atom is -0.473 e. The summed E-state index contributed by atoms with van der Waals surface area (Å²) in [5.74, 6) is 0.434. The van der Waals surface area contributed by atoms with Crippen LogP contribution in [0.5, 0.6) is 5.88 Å². The molecule has 2 rings (SSSR count). The third kappa shape index (κ3) is 4.99. The Labute approximate surface area is 118 Å². The number of hydrogen-bond donors (Lipinski definition) is 0. The highest BCUT2D eigenvalue weighted by Gasteiger charge is 2.05. The molecule has 0 aliphatic rings. The summed E-state index contributed by atoms with van der Waals surface area (Å²) in [6.07, 6.45) is 1.00.